The molecule has 0 radical (unpaired) electrons. The minimum absolute atomic E-state index is 0.160. The first-order valence-electron chi connectivity index (χ1n) is 20.1. The Balaban J connectivity index is 3.70. The first-order chi connectivity index (χ1) is 22.6. The summed E-state index contributed by atoms with van der Waals surface area (Å²) in [6, 6.07) is -0.826. The summed E-state index contributed by atoms with van der Waals surface area (Å²) in [5.41, 5.74) is 0. The van der Waals surface area contributed by atoms with Crippen molar-refractivity contribution < 1.29 is 20.1 Å². The van der Waals surface area contributed by atoms with E-state index in [1.54, 1.807) is 0 Å². The second-order valence-corrected chi connectivity index (χ2v) is 13.8. The summed E-state index contributed by atoms with van der Waals surface area (Å²) in [6.45, 7) is 4.15. The summed E-state index contributed by atoms with van der Waals surface area (Å²) < 4.78 is 0. The van der Waals surface area contributed by atoms with Crippen LogP contribution >= 0.6 is 0 Å². The zero-order chi connectivity index (χ0) is 33.8. The molecule has 46 heavy (non-hydrogen) atoms. The second kappa shape index (κ2) is 36.7. The number of aliphatic hydroxyl groups excluding tert-OH is 3. The number of carbonyl (C=O) groups is 1. The lowest BCUT2D eigenvalue weighted by atomic mass is 10.0. The summed E-state index contributed by atoms with van der Waals surface area (Å²) in [6.07, 6.45) is 42.8. The van der Waals surface area contributed by atoms with Crippen LogP contribution in [-0.4, -0.2) is 46.1 Å². The van der Waals surface area contributed by atoms with Crippen molar-refractivity contribution in [2.75, 3.05) is 6.61 Å². The Bertz CT molecular complexity index is 679. The van der Waals surface area contributed by atoms with Gasteiger partial charge in [-0.1, -0.05) is 173 Å². The molecule has 0 aliphatic heterocycles. The maximum atomic E-state index is 12.3. The minimum atomic E-state index is -1.16. The van der Waals surface area contributed by atoms with Gasteiger partial charge in [-0.05, 0) is 51.4 Å². The van der Waals surface area contributed by atoms with Crippen LogP contribution in [-0.2, 0) is 4.79 Å². The van der Waals surface area contributed by atoms with Crippen molar-refractivity contribution in [1.82, 2.24) is 5.32 Å². The molecule has 0 saturated carbocycles. The fraction of sp³-hybridized carbons (Fsp3) is 0.878. The van der Waals surface area contributed by atoms with Crippen molar-refractivity contribution >= 4 is 5.91 Å². The van der Waals surface area contributed by atoms with Crippen LogP contribution in [0.15, 0.2) is 24.3 Å². The van der Waals surface area contributed by atoms with Crippen LogP contribution in [0.4, 0.5) is 0 Å². The standard InChI is InChI=1S/C41H79NO4/c1-3-5-7-9-11-13-15-16-17-18-19-20-21-22-23-24-26-27-29-31-33-35-39(44)41(46)38(37-43)42-40(45)36-34-32-30-28-25-14-12-10-8-6-4-2/h22-23,27,29,38-39,41,43-44,46H,3-21,24-26,28,30-37H2,1-2H3,(H,42,45)/b23-22+,29-27+. The fourth-order valence-corrected chi connectivity index (χ4v) is 6.12. The Labute approximate surface area is 286 Å². The zero-order valence-electron chi connectivity index (χ0n) is 30.7. The molecular formula is C41H79NO4. The predicted octanol–water partition coefficient (Wildman–Crippen LogP) is 11.0. The van der Waals surface area contributed by atoms with E-state index < -0.39 is 18.2 Å². The molecule has 0 aromatic heterocycles. The van der Waals surface area contributed by atoms with E-state index in [1.165, 1.54) is 135 Å². The average Bonchev–Trinajstić information content (AvgIpc) is 3.06. The maximum Gasteiger partial charge on any atom is 0.220 e. The van der Waals surface area contributed by atoms with Gasteiger partial charge in [0, 0.05) is 6.42 Å². The third-order valence-electron chi connectivity index (χ3n) is 9.29. The predicted molar refractivity (Wildman–Crippen MR) is 199 cm³/mol. The highest BCUT2D eigenvalue weighted by Crippen LogP contribution is 2.14. The molecule has 5 heteroatoms. The normalized spacial score (nSPS) is 13.9. The third kappa shape index (κ3) is 31.4. The molecule has 0 heterocycles. The van der Waals surface area contributed by atoms with Gasteiger partial charge in [-0.3, -0.25) is 4.79 Å². The highest BCUT2D eigenvalue weighted by molar-refractivity contribution is 5.76. The molecule has 0 spiro atoms. The van der Waals surface area contributed by atoms with E-state index in [0.29, 0.717) is 12.8 Å². The van der Waals surface area contributed by atoms with Crippen LogP contribution in [0.2, 0.25) is 0 Å². The van der Waals surface area contributed by atoms with E-state index in [2.05, 4.69) is 43.5 Å². The number of rotatable bonds is 36. The lowest BCUT2D eigenvalue weighted by Gasteiger charge is -2.26. The summed E-state index contributed by atoms with van der Waals surface area (Å²) in [7, 11) is 0. The van der Waals surface area contributed by atoms with E-state index in [0.717, 1.165) is 44.9 Å². The van der Waals surface area contributed by atoms with E-state index in [4.69, 9.17) is 0 Å². The Morgan fingerprint density at radius 3 is 1.33 bits per heavy atom. The van der Waals surface area contributed by atoms with Crippen LogP contribution < -0.4 is 5.32 Å². The van der Waals surface area contributed by atoms with Gasteiger partial charge in [0.25, 0.3) is 0 Å². The summed E-state index contributed by atoms with van der Waals surface area (Å²) in [4.78, 5) is 12.3. The number of hydrogen-bond donors (Lipinski definition) is 4. The van der Waals surface area contributed by atoms with Gasteiger partial charge in [0.2, 0.25) is 5.91 Å². The van der Waals surface area contributed by atoms with Crippen molar-refractivity contribution in [2.24, 2.45) is 0 Å². The van der Waals surface area contributed by atoms with Gasteiger partial charge in [-0.2, -0.15) is 0 Å². The van der Waals surface area contributed by atoms with Crippen molar-refractivity contribution in [3.05, 3.63) is 24.3 Å². The molecule has 0 saturated heterocycles. The van der Waals surface area contributed by atoms with Crippen molar-refractivity contribution in [2.45, 2.75) is 225 Å². The largest absolute Gasteiger partial charge is 0.394 e. The van der Waals surface area contributed by atoms with E-state index in [-0.39, 0.29) is 12.5 Å². The molecule has 0 bridgehead atoms. The number of allylic oxidation sites excluding steroid dienone is 4. The number of hydrogen-bond acceptors (Lipinski definition) is 4. The highest BCUT2D eigenvalue weighted by atomic mass is 16.3. The lowest BCUT2D eigenvalue weighted by molar-refractivity contribution is -0.124. The summed E-state index contributed by atoms with van der Waals surface area (Å²) >= 11 is 0. The quantitative estimate of drug-likeness (QED) is 0.0401. The van der Waals surface area contributed by atoms with Gasteiger partial charge < -0.3 is 20.6 Å². The maximum absolute atomic E-state index is 12.3. The smallest absolute Gasteiger partial charge is 0.220 e. The zero-order valence-corrected chi connectivity index (χ0v) is 30.7. The number of nitrogens with one attached hydrogen (secondary N) is 1. The Kier molecular flexibility index (Phi) is 35.7. The molecule has 272 valence electrons. The number of aliphatic hydroxyl groups is 3. The van der Waals surface area contributed by atoms with Gasteiger partial charge >= 0.3 is 0 Å². The molecule has 4 N–H and O–H groups in total. The van der Waals surface area contributed by atoms with Gasteiger partial charge in [-0.15, -0.1) is 0 Å². The monoisotopic (exact) mass is 650 g/mol. The third-order valence-corrected chi connectivity index (χ3v) is 9.29. The Morgan fingerprint density at radius 2 is 0.891 bits per heavy atom. The Hall–Kier alpha value is -1.17. The molecule has 3 atom stereocenters. The van der Waals surface area contributed by atoms with Gasteiger partial charge in [-0.25, -0.2) is 0 Å². The van der Waals surface area contributed by atoms with Gasteiger partial charge in [0.05, 0.1) is 18.8 Å². The van der Waals surface area contributed by atoms with Gasteiger partial charge in [0.15, 0.2) is 0 Å². The van der Waals surface area contributed by atoms with Crippen molar-refractivity contribution in [1.29, 1.82) is 0 Å². The van der Waals surface area contributed by atoms with Gasteiger partial charge in [0.1, 0.15) is 6.10 Å². The number of unbranched alkanes of at least 4 members (excludes halogenated alkanes) is 24. The molecule has 0 aromatic rings. The van der Waals surface area contributed by atoms with Crippen LogP contribution in [0.1, 0.15) is 206 Å². The molecule has 0 aromatic carbocycles. The van der Waals surface area contributed by atoms with Crippen molar-refractivity contribution in [3.8, 4) is 0 Å². The van der Waals surface area contributed by atoms with Crippen LogP contribution in [0.25, 0.3) is 0 Å². The molecule has 0 rings (SSSR count). The fourth-order valence-electron chi connectivity index (χ4n) is 6.12. The van der Waals surface area contributed by atoms with Crippen LogP contribution in [0.3, 0.4) is 0 Å². The average molecular weight is 650 g/mol. The molecule has 1 amide bonds. The molecule has 0 aliphatic carbocycles. The SMILES string of the molecule is CCCCCCCCCCCCCC/C=C/CC/C=C/CCCC(O)C(O)C(CO)NC(=O)CCCCCCCCCCCCC. The number of carbonyl (C=O) groups excluding carboxylic acids is 1. The first-order valence-corrected chi connectivity index (χ1v) is 20.1. The molecule has 3 unspecified atom stereocenters. The molecule has 0 aliphatic rings. The van der Waals surface area contributed by atoms with E-state index in [9.17, 15) is 20.1 Å². The molecule has 5 nitrogen and oxygen atoms in total. The first kappa shape index (κ1) is 44.8. The van der Waals surface area contributed by atoms with E-state index in [1.807, 2.05) is 0 Å². The topological polar surface area (TPSA) is 89.8 Å². The Morgan fingerprint density at radius 1 is 0.522 bits per heavy atom. The summed E-state index contributed by atoms with van der Waals surface area (Å²) in [5.74, 6) is -0.160. The summed E-state index contributed by atoms with van der Waals surface area (Å²) in [5, 5.41) is 33.4. The number of amides is 1. The van der Waals surface area contributed by atoms with Crippen molar-refractivity contribution in [3.63, 3.8) is 0 Å². The second-order valence-electron chi connectivity index (χ2n) is 13.8. The van der Waals surface area contributed by atoms with Crippen LogP contribution in [0, 0.1) is 0 Å². The minimum Gasteiger partial charge on any atom is -0.394 e. The van der Waals surface area contributed by atoms with Crippen LogP contribution in [0.5, 0.6) is 0 Å². The lowest BCUT2D eigenvalue weighted by Crippen LogP contribution is -2.50. The van der Waals surface area contributed by atoms with E-state index >= 15 is 0 Å². The highest BCUT2D eigenvalue weighted by Gasteiger charge is 2.26. The molecular weight excluding hydrogens is 570 g/mol. The molecule has 0 fully saturated rings.